The molecule has 16 heavy (non-hydrogen) atoms. The van der Waals surface area contributed by atoms with Crippen LogP contribution < -0.4 is 0 Å². The van der Waals surface area contributed by atoms with Gasteiger partial charge >= 0.3 is 0 Å². The van der Waals surface area contributed by atoms with E-state index < -0.39 is 10.0 Å². The number of piperidine rings is 1. The van der Waals surface area contributed by atoms with Gasteiger partial charge < -0.3 is 5.11 Å². The lowest BCUT2D eigenvalue weighted by Gasteiger charge is -2.40. The molecule has 0 aromatic carbocycles. The van der Waals surface area contributed by atoms with Gasteiger partial charge in [0.15, 0.2) is 0 Å². The highest BCUT2D eigenvalue weighted by atomic mass is 32.2. The number of rotatable bonds is 3. The maximum atomic E-state index is 11.8. The van der Waals surface area contributed by atoms with Crippen LogP contribution in [0.4, 0.5) is 0 Å². The molecule has 1 aliphatic carbocycles. The van der Waals surface area contributed by atoms with Gasteiger partial charge in [0.2, 0.25) is 10.0 Å². The molecule has 1 saturated heterocycles. The van der Waals surface area contributed by atoms with E-state index in [0.717, 1.165) is 12.3 Å². The Labute approximate surface area is 97.7 Å². The zero-order valence-electron chi connectivity index (χ0n) is 9.64. The first-order chi connectivity index (χ1) is 7.63. The van der Waals surface area contributed by atoms with E-state index in [-0.39, 0.29) is 12.4 Å². The first-order valence-corrected chi connectivity index (χ1v) is 7.83. The van der Waals surface area contributed by atoms with Crippen LogP contribution in [-0.2, 0) is 10.0 Å². The van der Waals surface area contributed by atoms with Crippen LogP contribution in [0.3, 0.4) is 0 Å². The van der Waals surface area contributed by atoms with Gasteiger partial charge in [0, 0.05) is 13.1 Å². The molecule has 2 fully saturated rings. The van der Waals surface area contributed by atoms with E-state index in [0.29, 0.717) is 19.0 Å². The lowest BCUT2D eigenvalue weighted by Crippen LogP contribution is -2.45. The summed E-state index contributed by atoms with van der Waals surface area (Å²) in [6.07, 6.45) is 6.02. The minimum atomic E-state index is -3.20. The normalized spacial score (nSPS) is 32.3. The van der Waals surface area contributed by atoms with Crippen molar-refractivity contribution >= 4 is 10.0 Å². The molecule has 5 heteroatoms. The number of aliphatic hydroxyl groups excluding tert-OH is 1. The molecule has 0 spiro atoms. The number of aliphatic hydroxyl groups is 1. The van der Waals surface area contributed by atoms with E-state index >= 15 is 0 Å². The van der Waals surface area contributed by atoms with Crippen LogP contribution >= 0.6 is 0 Å². The summed E-state index contributed by atoms with van der Waals surface area (Å²) in [5, 5.41) is 8.76. The Morgan fingerprint density at radius 3 is 2.50 bits per heavy atom. The van der Waals surface area contributed by atoms with Crippen molar-refractivity contribution in [3.05, 3.63) is 0 Å². The van der Waals surface area contributed by atoms with Crippen molar-refractivity contribution in [3.63, 3.8) is 0 Å². The van der Waals surface area contributed by atoms with Gasteiger partial charge in [-0.25, -0.2) is 12.7 Å². The lowest BCUT2D eigenvalue weighted by atomic mass is 9.76. The minimum absolute atomic E-state index is 0.121. The fourth-order valence-electron chi connectivity index (χ4n) is 3.06. The number of hydrogen-bond acceptors (Lipinski definition) is 3. The molecule has 4 nitrogen and oxygen atoms in total. The van der Waals surface area contributed by atoms with Crippen LogP contribution in [0.1, 0.15) is 32.1 Å². The predicted molar refractivity (Wildman–Crippen MR) is 62.5 cm³/mol. The summed E-state index contributed by atoms with van der Waals surface area (Å²) in [5.41, 5.74) is 0. The zero-order valence-corrected chi connectivity index (χ0v) is 10.5. The molecule has 94 valence electrons. The molecule has 0 aromatic heterocycles. The van der Waals surface area contributed by atoms with Gasteiger partial charge in [-0.15, -0.1) is 0 Å². The van der Waals surface area contributed by atoms with Crippen LogP contribution in [0.2, 0.25) is 0 Å². The highest BCUT2D eigenvalue weighted by Gasteiger charge is 2.35. The van der Waals surface area contributed by atoms with Crippen LogP contribution in [-0.4, -0.2) is 43.3 Å². The standard InChI is InChI=1S/C11H21NO3S/c13-7-8-16(14,15)12-6-5-10-3-1-2-4-11(10)9-12/h10-11,13H,1-9H2. The Bertz CT molecular complexity index is 328. The van der Waals surface area contributed by atoms with Crippen molar-refractivity contribution in [1.29, 1.82) is 0 Å². The molecule has 2 rings (SSSR count). The Balaban J connectivity index is 1.99. The van der Waals surface area contributed by atoms with Crippen LogP contribution in [0.15, 0.2) is 0 Å². The maximum Gasteiger partial charge on any atom is 0.216 e. The molecule has 1 saturated carbocycles. The van der Waals surface area contributed by atoms with E-state index in [4.69, 9.17) is 5.11 Å². The molecule has 1 heterocycles. The smallest absolute Gasteiger partial charge is 0.216 e. The third-order valence-electron chi connectivity index (χ3n) is 4.00. The summed E-state index contributed by atoms with van der Waals surface area (Å²) in [7, 11) is -3.20. The maximum absolute atomic E-state index is 11.8. The molecule has 0 amide bonds. The fourth-order valence-corrected chi connectivity index (χ4v) is 4.36. The van der Waals surface area contributed by atoms with Gasteiger partial charge in [0.05, 0.1) is 12.4 Å². The average Bonchev–Trinajstić information content (AvgIpc) is 2.28. The summed E-state index contributed by atoms with van der Waals surface area (Å²) in [4.78, 5) is 0. The fraction of sp³-hybridized carbons (Fsp3) is 1.00. The largest absolute Gasteiger partial charge is 0.395 e. The highest BCUT2D eigenvalue weighted by molar-refractivity contribution is 7.89. The van der Waals surface area contributed by atoms with Crippen LogP contribution in [0.5, 0.6) is 0 Å². The second kappa shape index (κ2) is 5.02. The molecule has 2 unspecified atom stereocenters. The summed E-state index contributed by atoms with van der Waals surface area (Å²) in [6.45, 7) is 1.07. The van der Waals surface area contributed by atoms with Gasteiger partial charge in [-0.3, -0.25) is 0 Å². The van der Waals surface area contributed by atoms with E-state index in [1.807, 2.05) is 0 Å². The quantitative estimate of drug-likeness (QED) is 0.803. The van der Waals surface area contributed by atoms with E-state index in [9.17, 15) is 8.42 Å². The van der Waals surface area contributed by atoms with Gasteiger partial charge in [-0.1, -0.05) is 19.3 Å². The van der Waals surface area contributed by atoms with Crippen molar-refractivity contribution in [2.45, 2.75) is 32.1 Å². The van der Waals surface area contributed by atoms with E-state index in [2.05, 4.69) is 0 Å². The van der Waals surface area contributed by atoms with Gasteiger partial charge in [0.1, 0.15) is 0 Å². The zero-order chi connectivity index (χ0) is 11.6. The minimum Gasteiger partial charge on any atom is -0.395 e. The second-order valence-corrected chi connectivity index (χ2v) is 7.08. The van der Waals surface area contributed by atoms with Crippen molar-refractivity contribution in [1.82, 2.24) is 4.31 Å². The topological polar surface area (TPSA) is 57.6 Å². The summed E-state index contributed by atoms with van der Waals surface area (Å²) >= 11 is 0. The van der Waals surface area contributed by atoms with Crippen molar-refractivity contribution < 1.29 is 13.5 Å². The van der Waals surface area contributed by atoms with Gasteiger partial charge in [0.25, 0.3) is 0 Å². The molecule has 1 N–H and O–H groups in total. The number of fused-ring (bicyclic) bond motifs is 1. The average molecular weight is 247 g/mol. The summed E-state index contributed by atoms with van der Waals surface area (Å²) in [5.74, 6) is 1.19. The summed E-state index contributed by atoms with van der Waals surface area (Å²) in [6, 6.07) is 0. The number of hydrogen-bond donors (Lipinski definition) is 1. The molecule has 1 aliphatic heterocycles. The highest BCUT2D eigenvalue weighted by Crippen LogP contribution is 2.36. The second-order valence-electron chi connectivity index (χ2n) is 4.99. The van der Waals surface area contributed by atoms with Crippen molar-refractivity contribution in [2.24, 2.45) is 11.8 Å². The molecule has 0 bridgehead atoms. The van der Waals surface area contributed by atoms with Crippen LogP contribution in [0, 0.1) is 11.8 Å². The lowest BCUT2D eigenvalue weighted by molar-refractivity contribution is 0.136. The molecular weight excluding hydrogens is 226 g/mol. The first kappa shape index (κ1) is 12.3. The van der Waals surface area contributed by atoms with Crippen molar-refractivity contribution in [2.75, 3.05) is 25.4 Å². The molecule has 2 atom stereocenters. The molecular formula is C11H21NO3S. The Kier molecular flexibility index (Phi) is 3.87. The molecule has 0 radical (unpaired) electrons. The summed E-state index contributed by atoms with van der Waals surface area (Å²) < 4.78 is 25.2. The van der Waals surface area contributed by atoms with E-state index in [1.54, 1.807) is 4.31 Å². The monoisotopic (exact) mass is 247 g/mol. The Morgan fingerprint density at radius 2 is 1.81 bits per heavy atom. The first-order valence-electron chi connectivity index (χ1n) is 6.22. The number of nitrogens with zero attached hydrogens (tertiary/aromatic N) is 1. The molecule has 0 aromatic rings. The molecule has 2 aliphatic rings. The SMILES string of the molecule is O=S(=O)(CCO)N1CCC2CCCCC2C1. The van der Waals surface area contributed by atoms with Crippen LogP contribution in [0.25, 0.3) is 0 Å². The van der Waals surface area contributed by atoms with E-state index in [1.165, 1.54) is 25.7 Å². The predicted octanol–water partition coefficient (Wildman–Crippen LogP) is 0.821. The van der Waals surface area contributed by atoms with Crippen molar-refractivity contribution in [3.8, 4) is 0 Å². The Morgan fingerprint density at radius 1 is 1.12 bits per heavy atom. The third-order valence-corrected chi connectivity index (χ3v) is 5.81. The van der Waals surface area contributed by atoms with Gasteiger partial charge in [-0.2, -0.15) is 0 Å². The Hall–Kier alpha value is -0.130. The third kappa shape index (κ3) is 2.57. The number of sulfonamides is 1. The van der Waals surface area contributed by atoms with Gasteiger partial charge in [-0.05, 0) is 24.7 Å².